The summed E-state index contributed by atoms with van der Waals surface area (Å²) >= 11 is 1.60. The van der Waals surface area contributed by atoms with E-state index in [9.17, 15) is 4.79 Å². The molecule has 3 rings (SSSR count). The number of imidazole rings is 1. The second kappa shape index (κ2) is 5.88. The molecule has 1 amide bonds. The Labute approximate surface area is 132 Å². The Kier molecular flexibility index (Phi) is 3.94. The van der Waals surface area contributed by atoms with Crippen LogP contribution in [0, 0.1) is 13.8 Å². The molecule has 0 aliphatic heterocycles. The highest BCUT2D eigenvalue weighted by molar-refractivity contribution is 7.18. The van der Waals surface area contributed by atoms with Gasteiger partial charge < -0.3 is 10.3 Å². The van der Waals surface area contributed by atoms with E-state index in [1.807, 2.05) is 39.0 Å². The molecule has 0 radical (unpaired) electrons. The number of aromatic amines is 1. The van der Waals surface area contributed by atoms with Crippen molar-refractivity contribution in [2.24, 2.45) is 0 Å². The maximum absolute atomic E-state index is 12.5. The first-order valence-corrected chi connectivity index (χ1v) is 8.08. The molecule has 6 heteroatoms. The number of nitrogens with one attached hydrogen (secondary N) is 2. The number of hydrogen-bond acceptors (Lipinski definition) is 4. The molecule has 2 aromatic heterocycles. The maximum atomic E-state index is 12.5. The molecular formula is C16H18N4OS. The minimum Gasteiger partial charge on any atom is -0.344 e. The fourth-order valence-corrected chi connectivity index (χ4v) is 3.26. The molecule has 3 aromatic rings. The number of hydrogen-bond donors (Lipinski definition) is 2. The molecule has 114 valence electrons. The van der Waals surface area contributed by atoms with Crippen LogP contribution in [0.3, 0.4) is 0 Å². The zero-order valence-electron chi connectivity index (χ0n) is 12.8. The van der Waals surface area contributed by atoms with Gasteiger partial charge in [-0.1, -0.05) is 6.92 Å². The van der Waals surface area contributed by atoms with E-state index in [4.69, 9.17) is 0 Å². The van der Waals surface area contributed by atoms with Crippen LogP contribution in [0.15, 0.2) is 24.4 Å². The Bertz CT molecular complexity index is 821. The third kappa shape index (κ3) is 2.87. The molecule has 2 heterocycles. The van der Waals surface area contributed by atoms with E-state index in [-0.39, 0.29) is 11.9 Å². The standard InChI is InChI=1S/C16H18N4OS/c1-4-12(15-17-8-9(2)18-15)20-16(21)11-5-6-13-14(7-11)22-10(3)19-13/h5-8,12H,4H2,1-3H3,(H,17,18)(H,20,21)/t12-/m1/s1. The van der Waals surface area contributed by atoms with Crippen LogP contribution in [0.2, 0.25) is 0 Å². The summed E-state index contributed by atoms with van der Waals surface area (Å²) in [7, 11) is 0. The number of amides is 1. The molecule has 1 aromatic carbocycles. The first-order chi connectivity index (χ1) is 10.6. The number of carbonyl (C=O) groups is 1. The molecule has 0 bridgehead atoms. The van der Waals surface area contributed by atoms with Crippen LogP contribution < -0.4 is 5.32 Å². The summed E-state index contributed by atoms with van der Waals surface area (Å²) in [6.45, 7) is 5.94. The van der Waals surface area contributed by atoms with Gasteiger partial charge in [0.2, 0.25) is 0 Å². The number of H-pyrrole nitrogens is 1. The van der Waals surface area contributed by atoms with Gasteiger partial charge in [0.05, 0.1) is 21.3 Å². The third-order valence-electron chi connectivity index (χ3n) is 3.52. The average Bonchev–Trinajstić information content (AvgIpc) is 3.08. The quantitative estimate of drug-likeness (QED) is 0.774. The van der Waals surface area contributed by atoms with E-state index in [1.165, 1.54) is 0 Å². The van der Waals surface area contributed by atoms with Crippen LogP contribution in [-0.4, -0.2) is 20.9 Å². The lowest BCUT2D eigenvalue weighted by Crippen LogP contribution is -2.28. The summed E-state index contributed by atoms with van der Waals surface area (Å²) in [4.78, 5) is 24.4. The fraction of sp³-hybridized carbons (Fsp3) is 0.312. The summed E-state index contributed by atoms with van der Waals surface area (Å²) < 4.78 is 1.03. The van der Waals surface area contributed by atoms with E-state index in [0.717, 1.165) is 33.2 Å². The van der Waals surface area contributed by atoms with Crippen molar-refractivity contribution in [2.75, 3.05) is 0 Å². The van der Waals surface area contributed by atoms with E-state index in [2.05, 4.69) is 20.3 Å². The first-order valence-electron chi connectivity index (χ1n) is 7.26. The summed E-state index contributed by atoms with van der Waals surface area (Å²) in [6, 6.07) is 5.50. The summed E-state index contributed by atoms with van der Waals surface area (Å²) in [6.07, 6.45) is 2.55. The largest absolute Gasteiger partial charge is 0.344 e. The molecule has 5 nitrogen and oxygen atoms in total. The van der Waals surface area contributed by atoms with Crippen LogP contribution in [0.25, 0.3) is 10.2 Å². The zero-order chi connectivity index (χ0) is 15.7. The van der Waals surface area contributed by atoms with E-state index >= 15 is 0 Å². The van der Waals surface area contributed by atoms with Gasteiger partial charge in [0, 0.05) is 17.5 Å². The second-order valence-corrected chi connectivity index (χ2v) is 6.54. The van der Waals surface area contributed by atoms with Crippen molar-refractivity contribution in [1.29, 1.82) is 0 Å². The number of aryl methyl sites for hydroxylation is 2. The van der Waals surface area contributed by atoms with E-state index in [0.29, 0.717) is 5.56 Å². The Morgan fingerprint density at radius 2 is 2.23 bits per heavy atom. The lowest BCUT2D eigenvalue weighted by atomic mass is 10.1. The lowest BCUT2D eigenvalue weighted by Gasteiger charge is -2.14. The number of benzene rings is 1. The Balaban J connectivity index is 1.82. The van der Waals surface area contributed by atoms with Gasteiger partial charge in [0.25, 0.3) is 5.91 Å². The highest BCUT2D eigenvalue weighted by Gasteiger charge is 2.17. The Morgan fingerprint density at radius 1 is 1.41 bits per heavy atom. The van der Waals surface area contributed by atoms with Gasteiger partial charge in [-0.2, -0.15) is 0 Å². The summed E-state index contributed by atoms with van der Waals surface area (Å²) in [5, 5.41) is 4.04. The van der Waals surface area contributed by atoms with Crippen LogP contribution in [-0.2, 0) is 0 Å². The predicted octanol–water partition coefficient (Wildman–Crippen LogP) is 3.52. The van der Waals surface area contributed by atoms with E-state index < -0.39 is 0 Å². The fourth-order valence-electron chi connectivity index (χ4n) is 2.40. The van der Waals surface area contributed by atoms with Crippen molar-refractivity contribution < 1.29 is 4.79 Å². The first kappa shape index (κ1) is 14.7. The van der Waals surface area contributed by atoms with Gasteiger partial charge >= 0.3 is 0 Å². The molecule has 0 unspecified atom stereocenters. The molecule has 0 spiro atoms. The van der Waals surface area contributed by atoms with Gasteiger partial charge in [0.1, 0.15) is 5.82 Å². The number of thiazole rings is 1. The van der Waals surface area contributed by atoms with Crippen molar-refractivity contribution in [1.82, 2.24) is 20.3 Å². The van der Waals surface area contributed by atoms with Gasteiger partial charge in [-0.3, -0.25) is 4.79 Å². The number of aromatic nitrogens is 3. The highest BCUT2D eigenvalue weighted by Crippen LogP contribution is 2.23. The number of fused-ring (bicyclic) bond motifs is 1. The summed E-state index contributed by atoms with van der Waals surface area (Å²) in [5.41, 5.74) is 2.58. The molecule has 0 aliphatic carbocycles. The van der Waals surface area contributed by atoms with Crippen LogP contribution >= 0.6 is 11.3 Å². The molecule has 0 saturated carbocycles. The Morgan fingerprint density at radius 3 is 2.91 bits per heavy atom. The Hall–Kier alpha value is -2.21. The molecule has 0 aliphatic rings. The van der Waals surface area contributed by atoms with Gasteiger partial charge in [-0.15, -0.1) is 11.3 Å². The van der Waals surface area contributed by atoms with Crippen molar-refractivity contribution in [3.8, 4) is 0 Å². The number of nitrogens with zero attached hydrogens (tertiary/aromatic N) is 2. The van der Waals surface area contributed by atoms with Gasteiger partial charge in [0.15, 0.2) is 0 Å². The van der Waals surface area contributed by atoms with E-state index in [1.54, 1.807) is 17.5 Å². The molecule has 2 N–H and O–H groups in total. The average molecular weight is 314 g/mol. The maximum Gasteiger partial charge on any atom is 0.251 e. The van der Waals surface area contributed by atoms with Crippen molar-refractivity contribution in [2.45, 2.75) is 33.2 Å². The smallest absolute Gasteiger partial charge is 0.251 e. The molecule has 0 fully saturated rings. The van der Waals surface area contributed by atoms with Crippen molar-refractivity contribution in [3.05, 3.63) is 46.5 Å². The zero-order valence-corrected chi connectivity index (χ0v) is 13.6. The predicted molar refractivity (Wildman–Crippen MR) is 88.2 cm³/mol. The SMILES string of the molecule is CC[C@@H](NC(=O)c1ccc2nc(C)sc2c1)c1ncc(C)[nH]1. The molecule has 0 saturated heterocycles. The van der Waals surface area contributed by atoms with Gasteiger partial charge in [-0.25, -0.2) is 9.97 Å². The minimum absolute atomic E-state index is 0.0890. The van der Waals surface area contributed by atoms with Crippen LogP contribution in [0.5, 0.6) is 0 Å². The van der Waals surface area contributed by atoms with Crippen molar-refractivity contribution >= 4 is 27.5 Å². The summed E-state index contributed by atoms with van der Waals surface area (Å²) in [5.74, 6) is 0.705. The second-order valence-electron chi connectivity index (χ2n) is 5.30. The highest BCUT2D eigenvalue weighted by atomic mass is 32.1. The lowest BCUT2D eigenvalue weighted by molar-refractivity contribution is 0.0934. The normalized spacial score (nSPS) is 12.5. The van der Waals surface area contributed by atoms with Crippen molar-refractivity contribution in [3.63, 3.8) is 0 Å². The monoisotopic (exact) mass is 314 g/mol. The van der Waals surface area contributed by atoms with Crippen LogP contribution in [0.4, 0.5) is 0 Å². The third-order valence-corrected chi connectivity index (χ3v) is 4.46. The molecule has 1 atom stereocenters. The minimum atomic E-state index is -0.111. The molecular weight excluding hydrogens is 296 g/mol. The van der Waals surface area contributed by atoms with Crippen LogP contribution in [0.1, 0.15) is 46.3 Å². The topological polar surface area (TPSA) is 70.7 Å². The van der Waals surface area contributed by atoms with Gasteiger partial charge in [-0.05, 0) is 38.5 Å². The molecule has 22 heavy (non-hydrogen) atoms. The number of carbonyl (C=O) groups excluding carboxylic acids is 1. The number of rotatable bonds is 4.